The lowest BCUT2D eigenvalue weighted by atomic mass is 10.1. The zero-order valence-electron chi connectivity index (χ0n) is 8.04. The van der Waals surface area contributed by atoms with Gasteiger partial charge in [0.25, 0.3) is 0 Å². The highest BCUT2D eigenvalue weighted by atomic mass is 16.6. The first-order valence-electron chi connectivity index (χ1n) is 4.30. The summed E-state index contributed by atoms with van der Waals surface area (Å²) in [4.78, 5) is 11.0. The van der Waals surface area contributed by atoms with Crippen molar-refractivity contribution in [3.63, 3.8) is 0 Å². The van der Waals surface area contributed by atoms with E-state index in [0.717, 1.165) is 11.4 Å². The molecule has 0 fully saturated rings. The summed E-state index contributed by atoms with van der Waals surface area (Å²) >= 11 is 0. The summed E-state index contributed by atoms with van der Waals surface area (Å²) in [7, 11) is 0. The first kappa shape index (κ1) is 11.2. The molecular formula is C8H18N2O2. The van der Waals surface area contributed by atoms with Crippen LogP contribution in [0.1, 0.15) is 27.2 Å². The fourth-order valence-corrected chi connectivity index (χ4v) is 0.746. The van der Waals surface area contributed by atoms with E-state index in [2.05, 4.69) is 6.92 Å². The molecular weight excluding hydrogens is 156 g/mol. The number of nitrogens with two attached hydrogens (primary N) is 1. The van der Waals surface area contributed by atoms with E-state index in [0.29, 0.717) is 19.1 Å². The summed E-state index contributed by atoms with van der Waals surface area (Å²) in [5, 5.41) is 1.12. The number of rotatable bonds is 4. The first-order chi connectivity index (χ1) is 5.61. The van der Waals surface area contributed by atoms with Gasteiger partial charge in [0.05, 0.1) is 6.61 Å². The van der Waals surface area contributed by atoms with Gasteiger partial charge in [0.2, 0.25) is 0 Å². The van der Waals surface area contributed by atoms with Crippen LogP contribution in [-0.4, -0.2) is 24.3 Å². The maximum Gasteiger partial charge on any atom is 0.424 e. The van der Waals surface area contributed by atoms with Crippen molar-refractivity contribution in [1.29, 1.82) is 0 Å². The second-order valence-corrected chi connectivity index (χ2v) is 2.86. The molecule has 0 aromatic heterocycles. The minimum absolute atomic E-state index is 0.368. The molecule has 2 N–H and O–H groups in total. The van der Waals surface area contributed by atoms with Crippen LogP contribution < -0.4 is 5.84 Å². The molecule has 0 spiro atoms. The normalized spacial score (nSPS) is 12.3. The lowest BCUT2D eigenvalue weighted by Crippen LogP contribution is -2.40. The van der Waals surface area contributed by atoms with Gasteiger partial charge < -0.3 is 4.74 Å². The van der Waals surface area contributed by atoms with Crippen molar-refractivity contribution in [3.8, 4) is 0 Å². The summed E-state index contributed by atoms with van der Waals surface area (Å²) in [6.45, 7) is 6.78. The summed E-state index contributed by atoms with van der Waals surface area (Å²) in [6, 6.07) is 0. The second-order valence-electron chi connectivity index (χ2n) is 2.86. The number of hydrogen-bond acceptors (Lipinski definition) is 3. The zero-order valence-corrected chi connectivity index (χ0v) is 8.04. The standard InChI is InChI=1S/C8H18N2O2/c1-4-7(3)6-10(9)8(11)12-5-2/h7H,4-6,9H2,1-3H3. The zero-order chi connectivity index (χ0) is 9.56. The molecule has 0 aliphatic rings. The summed E-state index contributed by atoms with van der Waals surface area (Å²) in [5.41, 5.74) is 0. The van der Waals surface area contributed by atoms with Crippen LogP contribution in [0.25, 0.3) is 0 Å². The van der Waals surface area contributed by atoms with Gasteiger partial charge in [-0.3, -0.25) is 0 Å². The molecule has 4 heteroatoms. The monoisotopic (exact) mass is 174 g/mol. The number of nitrogens with zero attached hydrogens (tertiary/aromatic N) is 1. The van der Waals surface area contributed by atoms with Gasteiger partial charge in [0.15, 0.2) is 0 Å². The lowest BCUT2D eigenvalue weighted by molar-refractivity contribution is 0.101. The van der Waals surface area contributed by atoms with Crippen molar-refractivity contribution in [2.24, 2.45) is 11.8 Å². The molecule has 1 atom stereocenters. The van der Waals surface area contributed by atoms with Gasteiger partial charge in [-0.15, -0.1) is 0 Å². The van der Waals surface area contributed by atoms with Crippen LogP contribution in [0.15, 0.2) is 0 Å². The Morgan fingerprint density at radius 2 is 2.17 bits per heavy atom. The maximum atomic E-state index is 11.0. The van der Waals surface area contributed by atoms with Crippen molar-refractivity contribution in [1.82, 2.24) is 5.01 Å². The Labute approximate surface area is 73.6 Å². The Morgan fingerprint density at radius 1 is 1.58 bits per heavy atom. The van der Waals surface area contributed by atoms with Gasteiger partial charge in [-0.2, -0.15) is 0 Å². The number of carbonyl (C=O) groups excluding carboxylic acids is 1. The van der Waals surface area contributed by atoms with Crippen molar-refractivity contribution in [2.45, 2.75) is 27.2 Å². The van der Waals surface area contributed by atoms with Crippen molar-refractivity contribution >= 4 is 6.09 Å². The molecule has 0 bridgehead atoms. The Kier molecular flexibility index (Phi) is 5.45. The van der Waals surface area contributed by atoms with E-state index >= 15 is 0 Å². The quantitative estimate of drug-likeness (QED) is 0.398. The molecule has 0 aromatic rings. The highest BCUT2D eigenvalue weighted by molar-refractivity contribution is 5.66. The molecule has 0 rings (SSSR count). The number of amides is 1. The fourth-order valence-electron chi connectivity index (χ4n) is 0.746. The largest absolute Gasteiger partial charge is 0.449 e. The molecule has 0 radical (unpaired) electrons. The van der Waals surface area contributed by atoms with Crippen LogP contribution in [0.3, 0.4) is 0 Å². The van der Waals surface area contributed by atoms with Crippen LogP contribution in [-0.2, 0) is 4.74 Å². The van der Waals surface area contributed by atoms with E-state index in [1.54, 1.807) is 6.92 Å². The summed E-state index contributed by atoms with van der Waals surface area (Å²) in [5.74, 6) is 5.85. The molecule has 1 unspecified atom stereocenters. The third-order valence-corrected chi connectivity index (χ3v) is 1.71. The average molecular weight is 174 g/mol. The molecule has 0 aliphatic carbocycles. The average Bonchev–Trinajstić information content (AvgIpc) is 2.04. The third kappa shape index (κ3) is 4.18. The van der Waals surface area contributed by atoms with Crippen LogP contribution in [0.5, 0.6) is 0 Å². The maximum absolute atomic E-state index is 11.0. The first-order valence-corrected chi connectivity index (χ1v) is 4.30. The highest BCUT2D eigenvalue weighted by Crippen LogP contribution is 2.01. The Hall–Kier alpha value is -0.770. The van der Waals surface area contributed by atoms with Crippen molar-refractivity contribution in [3.05, 3.63) is 0 Å². The van der Waals surface area contributed by atoms with E-state index in [1.165, 1.54) is 0 Å². The number of hydrogen-bond donors (Lipinski definition) is 1. The SMILES string of the molecule is CCOC(=O)N(N)CC(C)CC. The van der Waals surface area contributed by atoms with Gasteiger partial charge in [-0.25, -0.2) is 15.6 Å². The van der Waals surface area contributed by atoms with E-state index in [1.807, 2.05) is 6.92 Å². The Morgan fingerprint density at radius 3 is 2.58 bits per heavy atom. The Balaban J connectivity index is 3.70. The predicted molar refractivity (Wildman–Crippen MR) is 47.4 cm³/mol. The van der Waals surface area contributed by atoms with E-state index < -0.39 is 6.09 Å². The molecule has 4 nitrogen and oxygen atoms in total. The number of hydrazine groups is 1. The smallest absolute Gasteiger partial charge is 0.424 e. The predicted octanol–water partition coefficient (Wildman–Crippen LogP) is 1.36. The van der Waals surface area contributed by atoms with E-state index in [9.17, 15) is 4.79 Å². The topological polar surface area (TPSA) is 55.6 Å². The highest BCUT2D eigenvalue weighted by Gasteiger charge is 2.12. The molecule has 0 saturated carbocycles. The number of carbonyl (C=O) groups is 1. The van der Waals surface area contributed by atoms with Crippen molar-refractivity contribution < 1.29 is 9.53 Å². The van der Waals surface area contributed by atoms with Crippen molar-refractivity contribution in [2.75, 3.05) is 13.2 Å². The fraction of sp³-hybridized carbons (Fsp3) is 0.875. The molecule has 0 aromatic carbocycles. The van der Waals surface area contributed by atoms with E-state index in [4.69, 9.17) is 10.6 Å². The minimum Gasteiger partial charge on any atom is -0.449 e. The van der Waals surface area contributed by atoms with Gasteiger partial charge in [-0.05, 0) is 12.8 Å². The van der Waals surface area contributed by atoms with Gasteiger partial charge in [0.1, 0.15) is 0 Å². The minimum atomic E-state index is -0.446. The van der Waals surface area contributed by atoms with Crippen LogP contribution in [0, 0.1) is 5.92 Å². The van der Waals surface area contributed by atoms with Crippen LogP contribution in [0.2, 0.25) is 0 Å². The summed E-state index contributed by atoms with van der Waals surface area (Å²) in [6.07, 6.45) is 0.561. The van der Waals surface area contributed by atoms with Gasteiger partial charge in [0, 0.05) is 6.54 Å². The molecule has 72 valence electrons. The van der Waals surface area contributed by atoms with E-state index in [-0.39, 0.29) is 0 Å². The summed E-state index contributed by atoms with van der Waals surface area (Å²) < 4.78 is 4.71. The molecule has 0 heterocycles. The number of ether oxygens (including phenoxy) is 1. The Bertz CT molecular complexity index is 139. The molecule has 0 saturated heterocycles. The van der Waals surface area contributed by atoms with Crippen LogP contribution in [0.4, 0.5) is 4.79 Å². The van der Waals surface area contributed by atoms with Gasteiger partial charge >= 0.3 is 6.09 Å². The third-order valence-electron chi connectivity index (χ3n) is 1.71. The molecule has 0 aliphatic heterocycles. The van der Waals surface area contributed by atoms with Crippen LogP contribution >= 0.6 is 0 Å². The second kappa shape index (κ2) is 5.83. The molecule has 12 heavy (non-hydrogen) atoms. The molecule has 1 amide bonds. The van der Waals surface area contributed by atoms with Gasteiger partial charge in [-0.1, -0.05) is 20.3 Å². The lowest BCUT2D eigenvalue weighted by Gasteiger charge is -2.18.